The molecule has 1 fully saturated rings. The number of nitrogens with zero attached hydrogens (tertiary/aromatic N) is 7. The molecule has 5 aromatic carbocycles. The van der Waals surface area contributed by atoms with Gasteiger partial charge in [-0.2, -0.15) is 18.4 Å². The van der Waals surface area contributed by atoms with E-state index in [-0.39, 0.29) is 72.9 Å². The van der Waals surface area contributed by atoms with E-state index in [9.17, 15) is 32.8 Å². The highest BCUT2D eigenvalue weighted by Gasteiger charge is 2.52. The second-order valence-corrected chi connectivity index (χ2v) is 20.5. The van der Waals surface area contributed by atoms with Crippen LogP contribution in [0.3, 0.4) is 0 Å². The van der Waals surface area contributed by atoms with Gasteiger partial charge in [0.15, 0.2) is 23.2 Å². The maximum Gasteiger partial charge on any atom is 0.471 e. The summed E-state index contributed by atoms with van der Waals surface area (Å²) in [5.74, 6) is -2.43. The lowest BCUT2D eigenvalue weighted by atomic mass is 9.80. The molecule has 1 N–H and O–H groups in total. The summed E-state index contributed by atoms with van der Waals surface area (Å²) in [4.78, 5) is 55.8. The lowest BCUT2D eigenvalue weighted by Crippen LogP contribution is -2.43. The van der Waals surface area contributed by atoms with Crippen LogP contribution in [-0.4, -0.2) is 119 Å². The molecule has 7 aromatic rings. The van der Waals surface area contributed by atoms with Crippen molar-refractivity contribution in [2.75, 3.05) is 45.5 Å². The number of benzene rings is 5. The summed E-state index contributed by atoms with van der Waals surface area (Å²) in [7, 11) is 1.08. The molecule has 3 amide bonds. The van der Waals surface area contributed by atoms with Gasteiger partial charge >= 0.3 is 12.1 Å². The lowest BCUT2D eigenvalue weighted by Gasteiger charge is -2.39. The van der Waals surface area contributed by atoms with E-state index in [1.165, 1.54) is 12.7 Å². The number of hydrogen-bond acceptors (Lipinski definition) is 15. The Balaban J connectivity index is 1.29. The number of imidazole rings is 1. The summed E-state index contributed by atoms with van der Waals surface area (Å²) in [6, 6.07) is 42.8. The molecule has 1 aliphatic heterocycles. The Kier molecular flexibility index (Phi) is 20.0. The quantitative estimate of drug-likeness (QED) is 0.0245. The van der Waals surface area contributed by atoms with Gasteiger partial charge in [-0.3, -0.25) is 19.0 Å². The number of imide groups is 1. The second-order valence-electron chi connectivity index (χ2n) is 19.1. The van der Waals surface area contributed by atoms with Gasteiger partial charge in [0.25, 0.3) is 20.3 Å². The minimum atomic E-state index is -5.11. The first-order valence-corrected chi connectivity index (χ1v) is 27.3. The molecule has 0 saturated carbocycles. The average Bonchev–Trinajstić information content (AvgIpc) is 4.16. The normalized spacial score (nSPS) is 16.8. The molecular formula is C59H62F3N8O10P. The van der Waals surface area contributed by atoms with Gasteiger partial charge < -0.3 is 38.0 Å². The number of rotatable bonds is 25. The number of anilines is 1. The Morgan fingerprint density at radius 3 is 1.80 bits per heavy atom. The minimum Gasteiger partial charge on any atom is -0.497 e. The topological polar surface area (TPSA) is 202 Å². The van der Waals surface area contributed by atoms with Crippen molar-refractivity contribution < 1.29 is 60.3 Å². The van der Waals surface area contributed by atoms with E-state index in [4.69, 9.17) is 37.7 Å². The first kappa shape index (κ1) is 59.5. The van der Waals surface area contributed by atoms with Gasteiger partial charge in [-0.1, -0.05) is 91.0 Å². The van der Waals surface area contributed by atoms with Crippen LogP contribution in [0.25, 0.3) is 11.2 Å². The zero-order valence-electron chi connectivity index (χ0n) is 45.4. The molecule has 81 heavy (non-hydrogen) atoms. The van der Waals surface area contributed by atoms with Gasteiger partial charge in [0.2, 0.25) is 0 Å². The highest BCUT2D eigenvalue weighted by molar-refractivity contribution is 7.44. The molecule has 1 unspecified atom stereocenters. The summed E-state index contributed by atoms with van der Waals surface area (Å²) in [6.07, 6.45) is -7.26. The van der Waals surface area contributed by atoms with Gasteiger partial charge in [0.05, 0.1) is 46.3 Å². The smallest absolute Gasteiger partial charge is 0.471 e. The number of methoxy groups -OCH3 is 2. The number of alkyl halides is 3. The molecule has 5 atom stereocenters. The van der Waals surface area contributed by atoms with Gasteiger partial charge in [-0.25, -0.2) is 24.5 Å². The van der Waals surface area contributed by atoms with E-state index in [0.717, 1.165) is 10.5 Å². The highest BCUT2D eigenvalue weighted by Crippen LogP contribution is 2.52. The number of fused-ring (bicyclic) bond motifs is 1. The maximum atomic E-state index is 14.5. The molecule has 8 rings (SSSR count). The van der Waals surface area contributed by atoms with Crippen LogP contribution in [0.2, 0.25) is 0 Å². The fourth-order valence-electron chi connectivity index (χ4n) is 9.54. The van der Waals surface area contributed by atoms with Gasteiger partial charge in [0.1, 0.15) is 41.7 Å². The van der Waals surface area contributed by atoms with Crippen molar-refractivity contribution in [3.63, 3.8) is 0 Å². The number of ether oxygens (including phenoxy) is 5. The first-order valence-electron chi connectivity index (χ1n) is 26.1. The molecule has 1 aliphatic rings. The third-order valence-electron chi connectivity index (χ3n) is 13.2. The van der Waals surface area contributed by atoms with Crippen molar-refractivity contribution >= 4 is 43.2 Å². The molecule has 2 aromatic heterocycles. The number of aromatic nitrogens is 4. The number of carbonyl (C=O) groups excluding carboxylic acids is 3. The summed E-state index contributed by atoms with van der Waals surface area (Å²) < 4.78 is 89.9. The molecular weight excluding hydrogens is 1070 g/mol. The van der Waals surface area contributed by atoms with Crippen LogP contribution < -0.4 is 19.7 Å². The highest BCUT2D eigenvalue weighted by atomic mass is 31.2. The van der Waals surface area contributed by atoms with Crippen LogP contribution in [0, 0.1) is 11.3 Å². The number of nitriles is 1. The molecule has 0 spiro atoms. The van der Waals surface area contributed by atoms with Crippen molar-refractivity contribution in [3.05, 3.63) is 180 Å². The van der Waals surface area contributed by atoms with Crippen LogP contribution in [0.4, 0.5) is 19.0 Å². The van der Waals surface area contributed by atoms with Crippen molar-refractivity contribution in [2.24, 2.45) is 0 Å². The number of amides is 3. The lowest BCUT2D eigenvalue weighted by molar-refractivity contribution is -0.173. The van der Waals surface area contributed by atoms with Crippen molar-refractivity contribution in [2.45, 2.75) is 88.9 Å². The standard InChI is InChI=1S/C59H62F3N8O10P/c1-39(2)70(40(3)4)81(78-35-16-32-63)80-50-48(36-77-58(43-22-14-9-15-23-43,44-24-28-46(74-5)29-25-44)45-26-30-47(75-6)31-27-45)79-56(51(50)76-34-17-33-64-57(73)59(60,61)62)68-38-67-49-52(68)65-37-66-53(49)69(54(71)41-18-10-7-11-19-41)55(72)42-20-12-8-13-21-42/h7-15,18-31,37-40,48,50-51,56H,16-17,33-36H2,1-6H3,(H,64,73)/t48-,50-,51-,56-,81?/m1/s1. The summed E-state index contributed by atoms with van der Waals surface area (Å²) in [5, 5.41) is 11.6. The second kappa shape index (κ2) is 27.2. The zero-order chi connectivity index (χ0) is 57.7. The maximum absolute atomic E-state index is 14.5. The Morgan fingerprint density at radius 2 is 1.28 bits per heavy atom. The Bertz CT molecular complexity index is 3120. The summed E-state index contributed by atoms with van der Waals surface area (Å²) >= 11 is 0. The summed E-state index contributed by atoms with van der Waals surface area (Å²) in [5.41, 5.74) is 1.27. The molecule has 0 aliphatic carbocycles. The number of hydrogen-bond donors (Lipinski definition) is 1. The fourth-order valence-corrected chi connectivity index (χ4v) is 11.3. The van der Waals surface area contributed by atoms with Crippen LogP contribution in [0.15, 0.2) is 152 Å². The number of halogens is 3. The largest absolute Gasteiger partial charge is 0.497 e. The fraction of sp³-hybridized carbons (Fsp3) is 0.339. The molecule has 18 nitrogen and oxygen atoms in total. The van der Waals surface area contributed by atoms with E-state index in [0.29, 0.717) is 22.6 Å². The molecule has 0 bridgehead atoms. The average molecular weight is 1130 g/mol. The molecule has 3 heterocycles. The molecule has 1 saturated heterocycles. The van der Waals surface area contributed by atoms with Gasteiger partial charge in [0, 0.05) is 36.4 Å². The zero-order valence-corrected chi connectivity index (χ0v) is 46.3. The predicted octanol–water partition coefficient (Wildman–Crippen LogP) is 10.4. The first-order chi connectivity index (χ1) is 39.1. The van der Waals surface area contributed by atoms with Crippen molar-refractivity contribution in [3.8, 4) is 17.6 Å². The third-order valence-corrected chi connectivity index (χ3v) is 15.4. The van der Waals surface area contributed by atoms with Crippen LogP contribution in [0.1, 0.15) is 84.2 Å². The number of nitrogens with one attached hydrogen (secondary N) is 1. The van der Waals surface area contributed by atoms with Crippen molar-refractivity contribution in [1.29, 1.82) is 5.26 Å². The Morgan fingerprint density at radius 1 is 0.741 bits per heavy atom. The molecule has 22 heteroatoms. The van der Waals surface area contributed by atoms with Gasteiger partial charge in [-0.15, -0.1) is 0 Å². The SMILES string of the molecule is COc1ccc(C(OC[C@H]2O[C@@H](n3cnc4c(N(C(=O)c5ccccc5)C(=O)c5ccccc5)ncnc43)[C@H](OCCCNC(=O)C(F)(F)F)[C@@H]2OP(OCCC#N)N(C(C)C)C(C)C)(c2ccccc2)c2ccc(OC)cc2)cc1. The molecule has 424 valence electrons. The van der Waals surface area contributed by atoms with Gasteiger partial charge in [-0.05, 0) is 99.3 Å². The Hall–Kier alpha value is -7.67. The van der Waals surface area contributed by atoms with Crippen LogP contribution in [0.5, 0.6) is 11.5 Å². The van der Waals surface area contributed by atoms with E-state index in [1.54, 1.807) is 79.5 Å². The van der Waals surface area contributed by atoms with E-state index >= 15 is 0 Å². The summed E-state index contributed by atoms with van der Waals surface area (Å²) in [6.45, 7) is 7.04. The van der Waals surface area contributed by atoms with E-state index < -0.39 is 69.1 Å². The van der Waals surface area contributed by atoms with Crippen LogP contribution >= 0.6 is 8.53 Å². The van der Waals surface area contributed by atoms with Crippen molar-refractivity contribution in [1.82, 2.24) is 29.5 Å². The van der Waals surface area contributed by atoms with E-state index in [1.807, 2.05) is 117 Å². The molecule has 0 radical (unpaired) electrons. The van der Waals surface area contributed by atoms with Crippen LogP contribution in [-0.2, 0) is 33.7 Å². The predicted molar refractivity (Wildman–Crippen MR) is 295 cm³/mol. The number of carbonyl (C=O) groups is 3. The third kappa shape index (κ3) is 13.6. The van der Waals surface area contributed by atoms with E-state index in [2.05, 4.69) is 16.0 Å². The Labute approximate surface area is 468 Å². The minimum absolute atomic E-state index is 0.00143. The monoisotopic (exact) mass is 1130 g/mol.